The minimum absolute atomic E-state index is 0.0373. The third-order valence-electron chi connectivity index (χ3n) is 11.4. The molecule has 2 N–H and O–H groups in total. The van der Waals surface area contributed by atoms with Gasteiger partial charge in [0.05, 0.1) is 34.0 Å². The van der Waals surface area contributed by atoms with Gasteiger partial charge >= 0.3 is 6.01 Å². The Labute approximate surface area is 286 Å². The highest BCUT2D eigenvalue weighted by Gasteiger charge is 2.46. The van der Waals surface area contributed by atoms with E-state index in [0.29, 0.717) is 41.4 Å². The van der Waals surface area contributed by atoms with Crippen molar-refractivity contribution in [1.29, 1.82) is 5.26 Å². The van der Waals surface area contributed by atoms with Crippen LogP contribution >= 0.6 is 22.9 Å². The Morgan fingerprint density at radius 2 is 1.88 bits per heavy atom. The molecule has 2 bridgehead atoms. The highest BCUT2D eigenvalue weighted by atomic mass is 35.5. The van der Waals surface area contributed by atoms with E-state index in [9.17, 15) is 9.65 Å². The van der Waals surface area contributed by atoms with Crippen LogP contribution in [0.3, 0.4) is 0 Å². The number of nitriles is 1. The molecule has 0 aliphatic carbocycles. The molecule has 9 rings (SSSR count). The lowest BCUT2D eigenvalue weighted by Gasteiger charge is -2.44. The van der Waals surface area contributed by atoms with Gasteiger partial charge in [-0.15, -0.1) is 11.3 Å². The normalized spacial score (nSPS) is 24.0. The summed E-state index contributed by atoms with van der Waals surface area (Å²) in [6.45, 7) is 6.77. The lowest BCUT2D eigenvalue weighted by Crippen LogP contribution is -2.56. The molecule has 5 aliphatic heterocycles. The van der Waals surface area contributed by atoms with Crippen molar-refractivity contribution in [2.45, 2.75) is 56.1 Å². The van der Waals surface area contributed by atoms with E-state index in [2.05, 4.69) is 20.8 Å². The number of piperazine rings is 1. The van der Waals surface area contributed by atoms with E-state index in [0.717, 1.165) is 95.8 Å². The molecule has 7 heterocycles. The zero-order valence-electron chi connectivity index (χ0n) is 26.5. The maximum absolute atomic E-state index is 17.1. The summed E-state index contributed by atoms with van der Waals surface area (Å²) in [7, 11) is 0. The number of fused-ring (bicyclic) bond motifs is 5. The summed E-state index contributed by atoms with van der Waals surface area (Å²) < 4.78 is 44.1. The molecule has 4 aromatic rings. The fourth-order valence-electron chi connectivity index (χ4n) is 9.03. The summed E-state index contributed by atoms with van der Waals surface area (Å²) >= 11 is 7.91. The van der Waals surface area contributed by atoms with Crippen molar-refractivity contribution in [2.24, 2.45) is 5.92 Å². The fourth-order valence-corrected chi connectivity index (χ4v) is 10.3. The molecular weight excluding hydrogens is 656 g/mol. The quantitative estimate of drug-likeness (QED) is 0.243. The van der Waals surface area contributed by atoms with Crippen molar-refractivity contribution in [3.8, 4) is 23.2 Å². The smallest absolute Gasteiger partial charge is 0.319 e. The average Bonchev–Trinajstić information content (AvgIpc) is 3.78. The van der Waals surface area contributed by atoms with Gasteiger partial charge in [-0.2, -0.15) is 15.2 Å². The van der Waals surface area contributed by atoms with Crippen molar-refractivity contribution in [3.63, 3.8) is 0 Å². The Kier molecular flexibility index (Phi) is 7.44. The van der Waals surface area contributed by atoms with Crippen molar-refractivity contribution in [1.82, 2.24) is 19.8 Å². The molecule has 0 radical (unpaired) electrons. The third-order valence-corrected chi connectivity index (χ3v) is 12.8. The van der Waals surface area contributed by atoms with Crippen molar-refractivity contribution in [2.75, 3.05) is 63.2 Å². The average molecular weight is 692 g/mol. The largest absolute Gasteiger partial charge is 0.461 e. The molecule has 0 spiro atoms. The number of rotatable bonds is 7. The number of nitrogen functional groups attached to an aromatic ring is 1. The third kappa shape index (κ3) is 4.76. The number of thiophene rings is 1. The first-order valence-corrected chi connectivity index (χ1v) is 18.1. The number of anilines is 2. The molecule has 2 atom stereocenters. The van der Waals surface area contributed by atoms with E-state index < -0.39 is 11.6 Å². The zero-order chi connectivity index (χ0) is 32.7. The minimum Gasteiger partial charge on any atom is -0.461 e. The second-order valence-corrected chi connectivity index (χ2v) is 15.6. The van der Waals surface area contributed by atoms with E-state index in [1.165, 1.54) is 12.1 Å². The Morgan fingerprint density at radius 1 is 1.12 bits per heavy atom. The summed E-state index contributed by atoms with van der Waals surface area (Å²) in [5.41, 5.74) is 6.60. The summed E-state index contributed by atoms with van der Waals surface area (Å²) in [5.74, 6) is -0.00931. The van der Waals surface area contributed by atoms with Crippen LogP contribution in [0.4, 0.5) is 19.6 Å². The summed E-state index contributed by atoms with van der Waals surface area (Å²) in [6, 6.07) is 7.37. The lowest BCUT2D eigenvalue weighted by molar-refractivity contribution is -0.0538. The monoisotopic (exact) mass is 691 g/mol. The van der Waals surface area contributed by atoms with Crippen LogP contribution in [0.25, 0.3) is 32.1 Å². The van der Waals surface area contributed by atoms with Crippen molar-refractivity contribution in [3.05, 3.63) is 40.4 Å². The van der Waals surface area contributed by atoms with Crippen LogP contribution in [0.15, 0.2) is 18.2 Å². The predicted molar refractivity (Wildman–Crippen MR) is 183 cm³/mol. The maximum atomic E-state index is 17.1. The molecule has 5 saturated heterocycles. The van der Waals surface area contributed by atoms with Gasteiger partial charge in [0, 0.05) is 54.0 Å². The minimum atomic E-state index is -0.666. The molecule has 0 amide bonds. The number of halogens is 3. The van der Waals surface area contributed by atoms with Gasteiger partial charge in [0.25, 0.3) is 0 Å². The molecule has 48 heavy (non-hydrogen) atoms. The number of nitrogens with two attached hydrogens (primary N) is 1. The first-order chi connectivity index (χ1) is 23.3. The molecule has 9 nitrogen and oxygen atoms in total. The number of benzene rings is 2. The molecule has 250 valence electrons. The SMILES string of the molecule is N#Cc1c(N)sc2c(F)ccc(-c3c(Cl)cc4c(N5CC6CCC(C5)N6CC5COC5)nc(OCC56CCCN5CCC6)nc4c3F)c12. The van der Waals surface area contributed by atoms with Crippen LogP contribution in [0.1, 0.15) is 44.1 Å². The van der Waals surface area contributed by atoms with Gasteiger partial charge in [-0.05, 0) is 69.3 Å². The van der Waals surface area contributed by atoms with Gasteiger partial charge in [-0.25, -0.2) is 8.78 Å². The van der Waals surface area contributed by atoms with Gasteiger partial charge in [0.2, 0.25) is 0 Å². The number of ether oxygens (including phenoxy) is 2. The molecule has 5 fully saturated rings. The van der Waals surface area contributed by atoms with Crippen LogP contribution in [0.5, 0.6) is 6.01 Å². The van der Waals surface area contributed by atoms with E-state index in [1.54, 1.807) is 6.07 Å². The van der Waals surface area contributed by atoms with E-state index in [-0.39, 0.29) is 48.3 Å². The standard InChI is InChI=1S/C35H36ClF2N7O2S/c36-25-11-23-30(29(38)28(25)22-5-6-26(37)31-27(22)24(12-39)32(40)48-31)41-34(47-18-35-7-1-9-44(35)10-2-8-35)42-33(23)43-14-20-3-4-21(15-43)45(20)13-19-16-46-17-19/h5-6,11,19-21H,1-4,7-10,13-18,40H2. The van der Waals surface area contributed by atoms with Crippen LogP contribution in [0.2, 0.25) is 5.02 Å². The van der Waals surface area contributed by atoms with Gasteiger partial charge in [-0.1, -0.05) is 17.7 Å². The van der Waals surface area contributed by atoms with E-state index in [4.69, 9.17) is 36.8 Å². The number of hydrogen-bond acceptors (Lipinski definition) is 10. The Balaban J connectivity index is 1.16. The summed E-state index contributed by atoms with van der Waals surface area (Å²) in [4.78, 5) is 17.1. The topological polar surface area (TPSA) is 104 Å². The maximum Gasteiger partial charge on any atom is 0.319 e. The van der Waals surface area contributed by atoms with Crippen LogP contribution in [0, 0.1) is 28.9 Å². The summed E-state index contributed by atoms with van der Waals surface area (Å²) in [6.07, 6.45) is 6.59. The first kappa shape index (κ1) is 30.7. The molecule has 2 unspecified atom stereocenters. The second kappa shape index (κ2) is 11.6. The first-order valence-electron chi connectivity index (χ1n) is 16.9. The van der Waals surface area contributed by atoms with Gasteiger partial charge in [-0.3, -0.25) is 9.80 Å². The molecular formula is C35H36ClF2N7O2S. The van der Waals surface area contributed by atoms with Crippen molar-refractivity contribution < 1.29 is 18.3 Å². The predicted octanol–water partition coefficient (Wildman–Crippen LogP) is 6.20. The molecule has 13 heteroatoms. The van der Waals surface area contributed by atoms with Gasteiger partial charge < -0.3 is 20.1 Å². The molecule has 2 aromatic heterocycles. The number of hydrogen-bond donors (Lipinski definition) is 1. The van der Waals surface area contributed by atoms with Crippen LogP contribution < -0.4 is 15.4 Å². The van der Waals surface area contributed by atoms with Crippen LogP contribution in [-0.2, 0) is 4.74 Å². The van der Waals surface area contributed by atoms with Crippen molar-refractivity contribution >= 4 is 54.7 Å². The Bertz CT molecular complexity index is 1970. The number of aromatic nitrogens is 2. The second-order valence-electron chi connectivity index (χ2n) is 14.1. The molecule has 0 saturated carbocycles. The number of nitrogens with zero attached hydrogens (tertiary/aromatic N) is 6. The zero-order valence-corrected chi connectivity index (χ0v) is 28.1. The van der Waals surface area contributed by atoms with Crippen LogP contribution in [-0.4, -0.2) is 89.9 Å². The highest BCUT2D eigenvalue weighted by molar-refractivity contribution is 7.23. The fraction of sp³-hybridized carbons (Fsp3) is 0.514. The Morgan fingerprint density at radius 3 is 2.56 bits per heavy atom. The van der Waals surface area contributed by atoms with E-state index >= 15 is 4.39 Å². The lowest BCUT2D eigenvalue weighted by atomic mass is 9.95. The molecule has 2 aromatic carbocycles. The van der Waals surface area contributed by atoms with E-state index in [1.807, 2.05) is 0 Å². The Hall–Kier alpha value is -3.34. The molecule has 5 aliphatic rings. The summed E-state index contributed by atoms with van der Waals surface area (Å²) in [5, 5.41) is 11.0. The van der Waals surface area contributed by atoms with Gasteiger partial charge in [0.1, 0.15) is 34.8 Å². The van der Waals surface area contributed by atoms with Gasteiger partial charge in [0.15, 0.2) is 5.82 Å². The highest BCUT2D eigenvalue weighted by Crippen LogP contribution is 2.46.